The standard InChI is InChI=1S/C26H32N2O6/c1-5-15-34-19-10-7-17(8-11-19)24(30)22-23(18-9-12-20(29)21(16-18)33-4)28(26(32)25(22)31)14-6-13-27(2)3/h7-12,16,23,29-30H,5-6,13-15H2,1-4H3/b24-22+. The molecule has 1 unspecified atom stereocenters. The number of aliphatic hydroxyl groups excluding tert-OH is 1. The van der Waals surface area contributed by atoms with Gasteiger partial charge in [-0.1, -0.05) is 13.0 Å². The molecule has 0 aromatic heterocycles. The third kappa shape index (κ3) is 5.34. The molecule has 3 rings (SSSR count). The van der Waals surface area contributed by atoms with Gasteiger partial charge in [-0.2, -0.15) is 0 Å². The number of carbonyl (C=O) groups is 2. The van der Waals surface area contributed by atoms with Gasteiger partial charge in [0.05, 0.1) is 25.3 Å². The summed E-state index contributed by atoms with van der Waals surface area (Å²) >= 11 is 0. The second-order valence-electron chi connectivity index (χ2n) is 8.45. The molecule has 2 aromatic carbocycles. The minimum absolute atomic E-state index is 0.00447. The van der Waals surface area contributed by atoms with E-state index in [1.807, 2.05) is 25.9 Å². The molecule has 1 fully saturated rings. The fourth-order valence-corrected chi connectivity index (χ4v) is 3.96. The van der Waals surface area contributed by atoms with E-state index in [0.717, 1.165) is 13.0 Å². The molecule has 1 aliphatic rings. The van der Waals surface area contributed by atoms with E-state index in [2.05, 4.69) is 0 Å². The number of hydrogen-bond acceptors (Lipinski definition) is 7. The number of phenolic OH excluding ortho intramolecular Hbond substituents is 1. The minimum Gasteiger partial charge on any atom is -0.507 e. The molecule has 8 heteroatoms. The number of phenols is 1. The molecule has 2 aromatic rings. The van der Waals surface area contributed by atoms with E-state index in [1.54, 1.807) is 36.4 Å². The lowest BCUT2D eigenvalue weighted by Gasteiger charge is -2.26. The second kappa shape index (κ2) is 11.1. The number of rotatable bonds is 10. The lowest BCUT2D eigenvalue weighted by molar-refractivity contribution is -0.139. The van der Waals surface area contributed by atoms with Gasteiger partial charge in [-0.3, -0.25) is 9.59 Å². The van der Waals surface area contributed by atoms with Crippen LogP contribution in [0, 0.1) is 0 Å². The number of amides is 1. The highest BCUT2D eigenvalue weighted by Crippen LogP contribution is 2.41. The van der Waals surface area contributed by atoms with Crippen LogP contribution in [0.4, 0.5) is 0 Å². The summed E-state index contributed by atoms with van der Waals surface area (Å²) in [4.78, 5) is 29.6. The van der Waals surface area contributed by atoms with Crippen LogP contribution in [0.25, 0.3) is 5.76 Å². The van der Waals surface area contributed by atoms with E-state index in [4.69, 9.17) is 9.47 Å². The molecule has 1 saturated heterocycles. The highest BCUT2D eigenvalue weighted by molar-refractivity contribution is 6.46. The number of aliphatic hydroxyl groups is 1. The first-order valence-corrected chi connectivity index (χ1v) is 11.3. The third-order valence-electron chi connectivity index (χ3n) is 5.66. The van der Waals surface area contributed by atoms with Gasteiger partial charge in [0.1, 0.15) is 11.5 Å². The molecule has 1 atom stereocenters. The van der Waals surface area contributed by atoms with Crippen LogP contribution < -0.4 is 9.47 Å². The number of benzene rings is 2. The van der Waals surface area contributed by atoms with Crippen molar-refractivity contribution in [2.24, 2.45) is 0 Å². The van der Waals surface area contributed by atoms with E-state index in [-0.39, 0.29) is 22.8 Å². The van der Waals surface area contributed by atoms with E-state index in [9.17, 15) is 19.8 Å². The predicted octanol–water partition coefficient (Wildman–Crippen LogP) is 3.56. The highest BCUT2D eigenvalue weighted by atomic mass is 16.5. The molecule has 8 nitrogen and oxygen atoms in total. The zero-order valence-electron chi connectivity index (χ0n) is 20.1. The SMILES string of the molecule is CCCOc1ccc(/C(O)=C2\C(=O)C(=O)N(CCCN(C)C)C2c2ccc(O)c(OC)c2)cc1. The lowest BCUT2D eigenvalue weighted by atomic mass is 9.95. The molecule has 2 N–H and O–H groups in total. The summed E-state index contributed by atoms with van der Waals surface area (Å²) in [5, 5.41) is 21.2. The van der Waals surface area contributed by atoms with Gasteiger partial charge in [-0.15, -0.1) is 0 Å². The number of aromatic hydroxyl groups is 1. The molecular formula is C26H32N2O6. The number of likely N-dealkylation sites (tertiary alicyclic amines) is 1. The van der Waals surface area contributed by atoms with E-state index < -0.39 is 17.7 Å². The Hall–Kier alpha value is -3.52. The van der Waals surface area contributed by atoms with Crippen molar-refractivity contribution in [1.82, 2.24) is 9.80 Å². The van der Waals surface area contributed by atoms with Gasteiger partial charge in [0, 0.05) is 12.1 Å². The third-order valence-corrected chi connectivity index (χ3v) is 5.66. The average molecular weight is 469 g/mol. The Bertz CT molecular complexity index is 1060. The molecule has 0 radical (unpaired) electrons. The maximum Gasteiger partial charge on any atom is 0.295 e. The summed E-state index contributed by atoms with van der Waals surface area (Å²) in [6.07, 6.45) is 1.52. The van der Waals surface area contributed by atoms with Crippen LogP contribution in [-0.2, 0) is 9.59 Å². The summed E-state index contributed by atoms with van der Waals surface area (Å²) in [6, 6.07) is 10.6. The number of hydrogen-bond donors (Lipinski definition) is 2. The highest BCUT2D eigenvalue weighted by Gasteiger charge is 2.46. The second-order valence-corrected chi connectivity index (χ2v) is 8.45. The Morgan fingerprint density at radius 2 is 1.82 bits per heavy atom. The Morgan fingerprint density at radius 3 is 2.44 bits per heavy atom. The van der Waals surface area contributed by atoms with Crippen molar-refractivity contribution in [2.75, 3.05) is 40.9 Å². The number of ether oxygens (including phenoxy) is 2. The molecule has 0 bridgehead atoms. The van der Waals surface area contributed by atoms with Crippen LogP contribution in [0.3, 0.4) is 0 Å². The maximum atomic E-state index is 13.1. The molecule has 0 spiro atoms. The maximum absolute atomic E-state index is 13.1. The fourth-order valence-electron chi connectivity index (χ4n) is 3.96. The summed E-state index contributed by atoms with van der Waals surface area (Å²) < 4.78 is 10.8. The number of ketones is 1. The summed E-state index contributed by atoms with van der Waals surface area (Å²) in [5.74, 6) is -0.854. The molecule has 182 valence electrons. The average Bonchev–Trinajstić information content (AvgIpc) is 3.07. The minimum atomic E-state index is -0.812. The number of carbonyl (C=O) groups excluding carboxylic acids is 2. The lowest BCUT2D eigenvalue weighted by Crippen LogP contribution is -2.32. The van der Waals surface area contributed by atoms with Crippen molar-refractivity contribution >= 4 is 17.4 Å². The van der Waals surface area contributed by atoms with Crippen molar-refractivity contribution < 1.29 is 29.3 Å². The zero-order chi connectivity index (χ0) is 24.8. The van der Waals surface area contributed by atoms with Crippen LogP contribution in [-0.4, -0.2) is 72.6 Å². The van der Waals surface area contributed by atoms with Gasteiger partial charge >= 0.3 is 0 Å². The number of methoxy groups -OCH3 is 1. The van der Waals surface area contributed by atoms with Gasteiger partial charge in [-0.25, -0.2) is 0 Å². The first kappa shape index (κ1) is 25.1. The van der Waals surface area contributed by atoms with Gasteiger partial charge in [-0.05, 0) is 75.4 Å². The van der Waals surface area contributed by atoms with Crippen LogP contribution in [0.5, 0.6) is 17.2 Å². The van der Waals surface area contributed by atoms with Crippen molar-refractivity contribution in [1.29, 1.82) is 0 Å². The summed E-state index contributed by atoms with van der Waals surface area (Å²) in [7, 11) is 5.30. The monoisotopic (exact) mass is 468 g/mol. The largest absolute Gasteiger partial charge is 0.507 e. The van der Waals surface area contributed by atoms with E-state index in [1.165, 1.54) is 18.1 Å². The summed E-state index contributed by atoms with van der Waals surface area (Å²) in [6.45, 7) is 3.65. The van der Waals surface area contributed by atoms with Crippen molar-refractivity contribution in [3.63, 3.8) is 0 Å². The van der Waals surface area contributed by atoms with E-state index in [0.29, 0.717) is 36.4 Å². The Morgan fingerprint density at radius 1 is 1.12 bits per heavy atom. The number of nitrogens with zero attached hydrogens (tertiary/aromatic N) is 2. The first-order chi connectivity index (χ1) is 16.3. The molecule has 1 heterocycles. The van der Waals surface area contributed by atoms with Gasteiger partial charge < -0.3 is 29.5 Å². The number of Topliss-reactive ketones (excluding diaryl/α,β-unsaturated/α-hetero) is 1. The molecule has 0 saturated carbocycles. The van der Waals surface area contributed by atoms with Gasteiger partial charge in [0.25, 0.3) is 11.7 Å². The molecular weight excluding hydrogens is 436 g/mol. The topological polar surface area (TPSA) is 99.5 Å². The molecule has 1 amide bonds. The molecule has 1 aliphatic heterocycles. The van der Waals surface area contributed by atoms with Gasteiger partial charge in [0.15, 0.2) is 11.5 Å². The first-order valence-electron chi connectivity index (χ1n) is 11.3. The van der Waals surface area contributed by atoms with Crippen molar-refractivity contribution in [3.8, 4) is 17.2 Å². The molecule has 34 heavy (non-hydrogen) atoms. The van der Waals surface area contributed by atoms with Crippen LogP contribution in [0.15, 0.2) is 48.0 Å². The normalized spacial score (nSPS) is 17.4. The van der Waals surface area contributed by atoms with Crippen LogP contribution in [0.1, 0.15) is 36.9 Å². The van der Waals surface area contributed by atoms with Crippen LogP contribution in [0.2, 0.25) is 0 Å². The molecule has 0 aliphatic carbocycles. The van der Waals surface area contributed by atoms with Crippen LogP contribution >= 0.6 is 0 Å². The quantitative estimate of drug-likeness (QED) is 0.312. The fraction of sp³-hybridized carbons (Fsp3) is 0.385. The summed E-state index contributed by atoms with van der Waals surface area (Å²) in [5.41, 5.74) is 0.971. The van der Waals surface area contributed by atoms with Crippen molar-refractivity contribution in [3.05, 3.63) is 59.2 Å². The van der Waals surface area contributed by atoms with Gasteiger partial charge in [0.2, 0.25) is 0 Å². The Balaban J connectivity index is 2.06. The zero-order valence-corrected chi connectivity index (χ0v) is 20.1. The predicted molar refractivity (Wildman–Crippen MR) is 129 cm³/mol. The Kier molecular flexibility index (Phi) is 8.17. The van der Waals surface area contributed by atoms with Crippen molar-refractivity contribution in [2.45, 2.75) is 25.8 Å². The van der Waals surface area contributed by atoms with E-state index >= 15 is 0 Å². The smallest absolute Gasteiger partial charge is 0.295 e. The Labute approximate surface area is 200 Å².